The molecule has 2 heterocycles. The minimum atomic E-state index is -2.41. The molecular weight excluding hydrogens is 518 g/mol. The van der Waals surface area contributed by atoms with Crippen molar-refractivity contribution in [3.8, 4) is 22.8 Å². The number of hydrogen-bond acceptors (Lipinski definition) is 3. The van der Waals surface area contributed by atoms with Crippen LogP contribution in [0.3, 0.4) is 0 Å². The van der Waals surface area contributed by atoms with E-state index in [0.717, 1.165) is 29.7 Å². The summed E-state index contributed by atoms with van der Waals surface area (Å²) in [7, 11) is 0. The predicted molar refractivity (Wildman–Crippen MR) is 129 cm³/mol. The molecule has 4 aromatic rings. The van der Waals surface area contributed by atoms with Crippen molar-refractivity contribution in [3.05, 3.63) is 77.9 Å². The van der Waals surface area contributed by atoms with Gasteiger partial charge in [-0.3, -0.25) is 0 Å². The van der Waals surface area contributed by atoms with Crippen molar-refractivity contribution in [3.63, 3.8) is 0 Å². The molecule has 9 heteroatoms. The number of halogens is 3. The van der Waals surface area contributed by atoms with Crippen LogP contribution in [0.1, 0.15) is 28.8 Å². The molecule has 2 aromatic heterocycles. The molecule has 1 amide bonds. The molecule has 0 aliphatic heterocycles. The van der Waals surface area contributed by atoms with Crippen LogP contribution in [0.25, 0.3) is 16.9 Å². The van der Waals surface area contributed by atoms with E-state index in [0.29, 0.717) is 27.1 Å². The Kier molecular flexibility index (Phi) is 6.56. The topological polar surface area (TPSA) is 55.6 Å². The van der Waals surface area contributed by atoms with Crippen LogP contribution in [-0.2, 0) is 0 Å². The first-order valence-electron chi connectivity index (χ1n) is 11.2. The summed E-state index contributed by atoms with van der Waals surface area (Å²) in [5, 5.41) is 2.78. The van der Waals surface area contributed by atoms with E-state index in [2.05, 4.69) is 10.3 Å². The number of aryl methyl sites for hydroxylation is 1. The van der Waals surface area contributed by atoms with E-state index >= 15 is 0 Å². The first kappa shape index (κ1) is 23.5. The van der Waals surface area contributed by atoms with E-state index in [9.17, 15) is 18.0 Å². The van der Waals surface area contributed by atoms with Gasteiger partial charge in [0.15, 0.2) is 0 Å². The number of benzene rings is 2. The van der Waals surface area contributed by atoms with E-state index in [-0.39, 0.29) is 17.2 Å². The molecule has 0 unspecified atom stereocenters. The Hall–Kier alpha value is -3.25. The standard InChI is InChI=1S/C26H22AsF3N3O2/c1-15-9-16(5-8-21(15)26(34)32-18-6-7-18)23-13-31-25-22(27-12-24(29)30)11-20(14-33(23)25)35-19-4-2-3-17(28)10-19/h2-5,8-11,13-14,18,24H,6-7,12H2,1H3,(H,32,34). The number of pyridine rings is 1. The number of nitrogens with one attached hydrogen (secondary N) is 1. The summed E-state index contributed by atoms with van der Waals surface area (Å²) in [4.78, 5) is 17.0. The fraction of sp³-hybridized carbons (Fsp3) is 0.231. The molecule has 0 spiro atoms. The Morgan fingerprint density at radius 1 is 1.20 bits per heavy atom. The number of imidazole rings is 1. The summed E-state index contributed by atoms with van der Waals surface area (Å²) in [5.41, 5.74) is 3.60. The monoisotopic (exact) mass is 540 g/mol. The van der Waals surface area contributed by atoms with Gasteiger partial charge in [0.25, 0.3) is 0 Å². The summed E-state index contributed by atoms with van der Waals surface area (Å²) in [6.07, 6.45) is 3.03. The second kappa shape index (κ2) is 9.78. The Bertz CT molecular complexity index is 1400. The summed E-state index contributed by atoms with van der Waals surface area (Å²) >= 11 is -0.867. The fourth-order valence-corrected chi connectivity index (χ4v) is 5.64. The zero-order valence-electron chi connectivity index (χ0n) is 18.8. The van der Waals surface area contributed by atoms with Gasteiger partial charge in [0.05, 0.1) is 0 Å². The van der Waals surface area contributed by atoms with Crippen LogP contribution in [0, 0.1) is 12.7 Å². The van der Waals surface area contributed by atoms with E-state index in [1.165, 1.54) is 12.1 Å². The molecule has 1 N–H and O–H groups in total. The summed E-state index contributed by atoms with van der Waals surface area (Å²) in [5.74, 6) is 0.194. The maximum absolute atomic E-state index is 13.6. The summed E-state index contributed by atoms with van der Waals surface area (Å²) in [6.45, 7) is 1.88. The van der Waals surface area contributed by atoms with Crippen molar-refractivity contribution in [1.82, 2.24) is 14.7 Å². The number of alkyl halides is 2. The molecule has 35 heavy (non-hydrogen) atoms. The van der Waals surface area contributed by atoms with Crippen LogP contribution in [-0.4, -0.2) is 43.5 Å². The van der Waals surface area contributed by atoms with Crippen molar-refractivity contribution in [1.29, 1.82) is 0 Å². The molecule has 1 aliphatic carbocycles. The van der Waals surface area contributed by atoms with Crippen molar-refractivity contribution < 1.29 is 22.7 Å². The van der Waals surface area contributed by atoms with Gasteiger partial charge in [0, 0.05) is 0 Å². The van der Waals surface area contributed by atoms with Crippen LogP contribution in [0.5, 0.6) is 11.5 Å². The second-order valence-electron chi connectivity index (χ2n) is 8.47. The van der Waals surface area contributed by atoms with Crippen molar-refractivity contribution >= 4 is 31.7 Å². The number of ether oxygens (including phenoxy) is 1. The number of amides is 1. The van der Waals surface area contributed by atoms with E-state index < -0.39 is 28.0 Å². The van der Waals surface area contributed by atoms with Crippen LogP contribution < -0.4 is 14.4 Å². The number of nitrogens with zero attached hydrogens (tertiary/aromatic N) is 2. The third-order valence-electron chi connectivity index (χ3n) is 5.67. The summed E-state index contributed by atoms with van der Waals surface area (Å²) in [6, 6.07) is 13.3. The first-order chi connectivity index (χ1) is 16.9. The zero-order chi connectivity index (χ0) is 24.5. The fourth-order valence-electron chi connectivity index (χ4n) is 3.83. The van der Waals surface area contributed by atoms with Gasteiger partial charge in [0.2, 0.25) is 0 Å². The minimum absolute atomic E-state index is 0.0844. The molecule has 1 fully saturated rings. The number of rotatable bonds is 8. The van der Waals surface area contributed by atoms with Gasteiger partial charge >= 0.3 is 207 Å². The Morgan fingerprint density at radius 2 is 2.03 bits per heavy atom. The van der Waals surface area contributed by atoms with E-state index in [4.69, 9.17) is 4.74 Å². The first-order valence-corrected chi connectivity index (χ1v) is 13.5. The Morgan fingerprint density at radius 3 is 2.74 bits per heavy atom. The molecular formula is C26H22AsF3N3O2. The average molecular weight is 540 g/mol. The zero-order valence-corrected chi connectivity index (χ0v) is 20.7. The molecule has 5 nitrogen and oxygen atoms in total. The van der Waals surface area contributed by atoms with E-state index in [1.54, 1.807) is 36.7 Å². The molecule has 2 aromatic carbocycles. The Balaban J connectivity index is 1.53. The maximum atomic E-state index is 13.6. The van der Waals surface area contributed by atoms with Crippen LogP contribution in [0.4, 0.5) is 13.2 Å². The van der Waals surface area contributed by atoms with Crippen molar-refractivity contribution in [2.45, 2.75) is 37.4 Å². The van der Waals surface area contributed by atoms with Crippen molar-refractivity contribution in [2.24, 2.45) is 0 Å². The quantitative estimate of drug-likeness (QED) is 0.315. The van der Waals surface area contributed by atoms with Gasteiger partial charge in [-0.15, -0.1) is 0 Å². The predicted octanol–water partition coefficient (Wildman–Crippen LogP) is 5.15. The second-order valence-corrected chi connectivity index (χ2v) is 10.9. The van der Waals surface area contributed by atoms with Gasteiger partial charge in [-0.2, -0.15) is 0 Å². The molecule has 5 rings (SSSR count). The number of aromatic nitrogens is 2. The van der Waals surface area contributed by atoms with E-state index in [1.807, 2.05) is 23.5 Å². The number of carbonyl (C=O) groups excluding carboxylic acids is 1. The number of fused-ring (bicyclic) bond motifs is 1. The molecule has 0 atom stereocenters. The molecule has 1 saturated carbocycles. The van der Waals surface area contributed by atoms with Crippen LogP contribution in [0.15, 0.2) is 60.9 Å². The van der Waals surface area contributed by atoms with Crippen molar-refractivity contribution in [2.75, 3.05) is 0 Å². The van der Waals surface area contributed by atoms with Gasteiger partial charge in [-0.25, -0.2) is 0 Å². The molecule has 1 aliphatic rings. The van der Waals surface area contributed by atoms with Gasteiger partial charge in [0.1, 0.15) is 0 Å². The number of carbonyl (C=O) groups is 1. The third kappa shape index (κ3) is 5.38. The molecule has 179 valence electrons. The van der Waals surface area contributed by atoms with Crippen LogP contribution >= 0.6 is 0 Å². The average Bonchev–Trinajstić information content (AvgIpc) is 3.52. The summed E-state index contributed by atoms with van der Waals surface area (Å²) < 4.78 is 48.0. The Labute approximate surface area is 207 Å². The SMILES string of the molecule is Cc1cc(-c2cnc3c([As]CC(F)F)cc(Oc4cccc(F)c4)cn23)ccc1C(=O)NC1CC1. The van der Waals surface area contributed by atoms with Gasteiger partial charge in [-0.05, 0) is 0 Å². The third-order valence-corrected chi connectivity index (χ3v) is 8.04. The molecule has 0 saturated heterocycles. The molecule has 1 radical (unpaired) electrons. The molecule has 0 bridgehead atoms. The van der Waals surface area contributed by atoms with Gasteiger partial charge < -0.3 is 0 Å². The number of hydrogen-bond donors (Lipinski definition) is 1. The van der Waals surface area contributed by atoms with Crippen LogP contribution in [0.2, 0.25) is 5.21 Å². The van der Waals surface area contributed by atoms with Gasteiger partial charge in [-0.1, -0.05) is 0 Å². The normalized spacial score (nSPS) is 13.7.